The van der Waals surface area contributed by atoms with E-state index in [0.29, 0.717) is 23.6 Å². The first kappa shape index (κ1) is 22.8. The monoisotopic (exact) mass is 392 g/mol. The summed E-state index contributed by atoms with van der Waals surface area (Å²) in [6.07, 6.45) is 3.20. The van der Waals surface area contributed by atoms with Crippen LogP contribution in [0.1, 0.15) is 29.6 Å². The average Bonchev–Trinajstić information content (AvgIpc) is 2.64. The normalized spacial score (nSPS) is 10.2. The zero-order valence-electron chi connectivity index (χ0n) is 16.2. The molecule has 0 heterocycles. The lowest BCUT2D eigenvalue weighted by Gasteiger charge is -2.12. The Bertz CT molecular complexity index is 693. The van der Waals surface area contributed by atoms with Crippen molar-refractivity contribution in [3.8, 4) is 17.2 Å². The van der Waals surface area contributed by atoms with Gasteiger partial charge in [-0.3, -0.25) is 4.79 Å². The lowest BCUT2D eigenvalue weighted by molar-refractivity contribution is 0.0950. The predicted molar refractivity (Wildman–Crippen MR) is 111 cm³/mol. The summed E-state index contributed by atoms with van der Waals surface area (Å²) in [5, 5.41) is 2.96. The van der Waals surface area contributed by atoms with Crippen LogP contribution in [0, 0.1) is 0 Å². The minimum absolute atomic E-state index is 0. The Morgan fingerprint density at radius 1 is 1.00 bits per heavy atom. The fourth-order valence-corrected chi connectivity index (χ4v) is 2.57. The highest BCUT2D eigenvalue weighted by Crippen LogP contribution is 2.28. The average molecular weight is 393 g/mol. The fourth-order valence-electron chi connectivity index (χ4n) is 2.57. The van der Waals surface area contributed by atoms with E-state index in [-0.39, 0.29) is 18.3 Å². The van der Waals surface area contributed by atoms with Crippen molar-refractivity contribution >= 4 is 18.3 Å². The molecule has 0 aromatic heterocycles. The molecule has 0 atom stereocenters. The van der Waals surface area contributed by atoms with Crippen LogP contribution < -0.4 is 14.8 Å². The summed E-state index contributed by atoms with van der Waals surface area (Å²) in [7, 11) is 5.69. The molecule has 0 fully saturated rings. The molecule has 2 aromatic rings. The van der Waals surface area contributed by atoms with Crippen molar-refractivity contribution in [2.45, 2.75) is 19.3 Å². The molecule has 0 saturated heterocycles. The summed E-state index contributed by atoms with van der Waals surface area (Å²) in [5.41, 5.74) is 0.515. The van der Waals surface area contributed by atoms with E-state index in [4.69, 9.17) is 9.47 Å². The van der Waals surface area contributed by atoms with Crippen molar-refractivity contribution in [2.75, 3.05) is 34.3 Å². The van der Waals surface area contributed by atoms with Gasteiger partial charge in [-0.05, 0) is 57.7 Å². The number of hydrogen-bond donors (Lipinski definition) is 1. The highest BCUT2D eigenvalue weighted by atomic mass is 35.5. The van der Waals surface area contributed by atoms with Crippen molar-refractivity contribution in [3.63, 3.8) is 0 Å². The minimum Gasteiger partial charge on any atom is -0.496 e. The fraction of sp³-hybridized carbons (Fsp3) is 0.381. The van der Waals surface area contributed by atoms with Crippen LogP contribution in [0.4, 0.5) is 0 Å². The van der Waals surface area contributed by atoms with E-state index in [2.05, 4.69) is 24.3 Å². The van der Waals surface area contributed by atoms with E-state index < -0.39 is 0 Å². The zero-order valence-corrected chi connectivity index (χ0v) is 17.1. The predicted octanol–water partition coefficient (Wildman–Crippen LogP) is 4.37. The SMILES string of the molecule is COc1cc(Oc2ccccc2)ccc1C(=O)NCCCCCN(C)C.Cl. The van der Waals surface area contributed by atoms with Crippen molar-refractivity contribution in [2.24, 2.45) is 0 Å². The summed E-state index contributed by atoms with van der Waals surface area (Å²) < 4.78 is 11.2. The van der Waals surface area contributed by atoms with E-state index in [1.165, 1.54) is 0 Å². The van der Waals surface area contributed by atoms with Crippen LogP contribution in [0.15, 0.2) is 48.5 Å². The molecule has 0 aliphatic rings. The number of benzene rings is 2. The number of carbonyl (C=O) groups excluding carboxylic acids is 1. The van der Waals surface area contributed by atoms with Gasteiger partial charge in [0.15, 0.2) is 0 Å². The molecular weight excluding hydrogens is 364 g/mol. The van der Waals surface area contributed by atoms with Crippen LogP contribution in [0.25, 0.3) is 0 Å². The van der Waals surface area contributed by atoms with Crippen LogP contribution in [0.2, 0.25) is 0 Å². The summed E-state index contributed by atoms with van der Waals surface area (Å²) in [6, 6.07) is 14.8. The van der Waals surface area contributed by atoms with Crippen molar-refractivity contribution < 1.29 is 14.3 Å². The zero-order chi connectivity index (χ0) is 18.8. The Morgan fingerprint density at radius 2 is 1.74 bits per heavy atom. The summed E-state index contributed by atoms with van der Waals surface area (Å²) >= 11 is 0. The van der Waals surface area contributed by atoms with Crippen molar-refractivity contribution in [1.82, 2.24) is 10.2 Å². The third-order valence-corrected chi connectivity index (χ3v) is 3.96. The van der Waals surface area contributed by atoms with E-state index in [0.717, 1.165) is 31.6 Å². The number of carbonyl (C=O) groups is 1. The first-order chi connectivity index (χ1) is 12.6. The maximum atomic E-state index is 12.4. The van der Waals surface area contributed by atoms with E-state index in [1.807, 2.05) is 30.3 Å². The molecule has 2 rings (SSSR count). The molecule has 5 nitrogen and oxygen atoms in total. The number of nitrogens with zero attached hydrogens (tertiary/aromatic N) is 1. The molecule has 2 aromatic carbocycles. The third-order valence-electron chi connectivity index (χ3n) is 3.96. The molecular formula is C21H29ClN2O3. The second-order valence-electron chi connectivity index (χ2n) is 6.40. The van der Waals surface area contributed by atoms with E-state index >= 15 is 0 Å². The van der Waals surface area contributed by atoms with E-state index in [9.17, 15) is 4.79 Å². The minimum atomic E-state index is -0.124. The van der Waals surface area contributed by atoms with Crippen LogP contribution in [-0.4, -0.2) is 45.1 Å². The topological polar surface area (TPSA) is 50.8 Å². The maximum Gasteiger partial charge on any atom is 0.255 e. The van der Waals surface area contributed by atoms with Gasteiger partial charge in [-0.15, -0.1) is 12.4 Å². The van der Waals surface area contributed by atoms with Gasteiger partial charge in [0.25, 0.3) is 5.91 Å². The molecule has 6 heteroatoms. The lowest BCUT2D eigenvalue weighted by atomic mass is 10.1. The summed E-state index contributed by atoms with van der Waals surface area (Å²) in [5.74, 6) is 1.75. The van der Waals surface area contributed by atoms with Crippen molar-refractivity contribution in [3.05, 3.63) is 54.1 Å². The number of methoxy groups -OCH3 is 1. The molecule has 0 spiro atoms. The number of rotatable bonds is 10. The van der Waals surface area contributed by atoms with Crippen molar-refractivity contribution in [1.29, 1.82) is 0 Å². The van der Waals surface area contributed by atoms with Gasteiger partial charge >= 0.3 is 0 Å². The Morgan fingerprint density at radius 3 is 2.41 bits per heavy atom. The number of unbranched alkanes of at least 4 members (excludes halogenated alkanes) is 2. The number of para-hydroxylation sites is 1. The standard InChI is InChI=1S/C21H28N2O3.ClH/c1-23(2)15-9-5-8-14-22-21(24)19-13-12-18(16-20(19)25-3)26-17-10-6-4-7-11-17;/h4,6-7,10-13,16H,5,8-9,14-15H2,1-3H3,(H,22,24);1H. The van der Waals surface area contributed by atoms with Crippen LogP contribution in [-0.2, 0) is 0 Å². The number of nitrogens with one attached hydrogen (secondary N) is 1. The Hall–Kier alpha value is -2.24. The number of amides is 1. The number of hydrogen-bond acceptors (Lipinski definition) is 4. The molecule has 1 N–H and O–H groups in total. The molecule has 1 amide bonds. The second kappa shape index (κ2) is 12.2. The third kappa shape index (κ3) is 7.89. The molecule has 0 aliphatic heterocycles. The van der Waals surface area contributed by atoms with Gasteiger partial charge < -0.3 is 19.7 Å². The maximum absolute atomic E-state index is 12.4. The smallest absolute Gasteiger partial charge is 0.255 e. The molecule has 0 radical (unpaired) electrons. The molecule has 0 aliphatic carbocycles. The van der Waals surface area contributed by atoms with Gasteiger partial charge in [-0.25, -0.2) is 0 Å². The van der Waals surface area contributed by atoms with Gasteiger partial charge in [-0.1, -0.05) is 24.6 Å². The Labute approximate surface area is 168 Å². The second-order valence-corrected chi connectivity index (χ2v) is 6.40. The summed E-state index contributed by atoms with van der Waals surface area (Å²) in [6.45, 7) is 1.74. The number of ether oxygens (including phenoxy) is 2. The summed E-state index contributed by atoms with van der Waals surface area (Å²) in [4.78, 5) is 14.6. The highest BCUT2D eigenvalue weighted by Gasteiger charge is 2.13. The van der Waals surface area contributed by atoms with Gasteiger partial charge in [0.05, 0.1) is 12.7 Å². The molecule has 0 unspecified atom stereocenters. The molecule has 0 saturated carbocycles. The molecule has 0 bridgehead atoms. The molecule has 27 heavy (non-hydrogen) atoms. The van der Waals surface area contributed by atoms with Crippen LogP contribution in [0.5, 0.6) is 17.2 Å². The largest absolute Gasteiger partial charge is 0.496 e. The van der Waals surface area contributed by atoms with E-state index in [1.54, 1.807) is 25.3 Å². The van der Waals surface area contributed by atoms with Crippen LogP contribution in [0.3, 0.4) is 0 Å². The first-order valence-corrected chi connectivity index (χ1v) is 8.94. The first-order valence-electron chi connectivity index (χ1n) is 8.94. The molecule has 148 valence electrons. The number of halogens is 1. The van der Waals surface area contributed by atoms with Crippen LogP contribution >= 0.6 is 12.4 Å². The Kier molecular flexibility index (Phi) is 10.3. The highest BCUT2D eigenvalue weighted by molar-refractivity contribution is 5.97. The quantitative estimate of drug-likeness (QED) is 0.610. The van der Waals surface area contributed by atoms with Gasteiger partial charge in [0.1, 0.15) is 17.2 Å². The van der Waals surface area contributed by atoms with Gasteiger partial charge in [-0.2, -0.15) is 0 Å². The lowest BCUT2D eigenvalue weighted by Crippen LogP contribution is -2.25. The van der Waals surface area contributed by atoms with Gasteiger partial charge in [0, 0.05) is 12.6 Å². The van der Waals surface area contributed by atoms with Gasteiger partial charge in [0.2, 0.25) is 0 Å². The Balaban J connectivity index is 0.00000364.